The summed E-state index contributed by atoms with van der Waals surface area (Å²) in [6, 6.07) is 0. The van der Waals surface area contributed by atoms with Crippen LogP contribution in [0.1, 0.15) is 265 Å². The second-order valence-corrected chi connectivity index (χ2v) is 20.9. The lowest BCUT2D eigenvalue weighted by molar-refractivity contribution is -0.161. The molecule has 0 aromatic carbocycles. The molecule has 11 nitrogen and oxygen atoms in total. The van der Waals surface area contributed by atoms with Gasteiger partial charge >= 0.3 is 25.7 Å². The molecule has 72 heavy (non-hydrogen) atoms. The molecule has 12 heteroatoms. The minimum Gasteiger partial charge on any atom is -0.462 e. The summed E-state index contributed by atoms with van der Waals surface area (Å²) in [5.74, 6) is -1.49. The van der Waals surface area contributed by atoms with Crippen LogP contribution in [0.25, 0.3) is 0 Å². The molecule has 3 unspecified atom stereocenters. The highest BCUT2D eigenvalue weighted by atomic mass is 31.2. The lowest BCUT2D eigenvalue weighted by Gasteiger charge is -2.21. The van der Waals surface area contributed by atoms with Crippen molar-refractivity contribution in [3.05, 3.63) is 60.8 Å². The number of allylic oxidation sites excluding steroid dienone is 10. The Balaban J connectivity index is 4.75. The summed E-state index contributed by atoms with van der Waals surface area (Å²) in [5, 5.41) is 9.80. The van der Waals surface area contributed by atoms with E-state index in [2.05, 4.69) is 81.5 Å². The first kappa shape index (κ1) is 69.2. The van der Waals surface area contributed by atoms with Crippen LogP contribution >= 0.6 is 7.82 Å². The largest absolute Gasteiger partial charge is 0.472 e. The topological polar surface area (TPSA) is 155 Å². The molecule has 0 rings (SSSR count). The quantitative estimate of drug-likeness (QED) is 0.0197. The Hall–Kier alpha value is -2.82. The first-order chi connectivity index (χ1) is 35.2. The summed E-state index contributed by atoms with van der Waals surface area (Å²) in [6.07, 6.45) is 58.9. The summed E-state index contributed by atoms with van der Waals surface area (Å²) in [6.45, 7) is 4.53. The van der Waals surface area contributed by atoms with E-state index in [1.807, 2.05) is 0 Å². The zero-order valence-corrected chi connectivity index (χ0v) is 47.0. The highest BCUT2D eigenvalue weighted by Gasteiger charge is 2.28. The summed E-state index contributed by atoms with van der Waals surface area (Å²) in [7, 11) is -4.75. The number of phosphoric acid groups is 1. The van der Waals surface area contributed by atoms with Crippen molar-refractivity contribution in [3.63, 3.8) is 0 Å². The first-order valence-electron chi connectivity index (χ1n) is 29.2. The third-order valence-electron chi connectivity index (χ3n) is 12.4. The number of carbonyl (C=O) groups excluding carboxylic acids is 3. The summed E-state index contributed by atoms with van der Waals surface area (Å²) in [5.41, 5.74) is 0. The van der Waals surface area contributed by atoms with Crippen molar-refractivity contribution in [2.24, 2.45) is 0 Å². The average molecular weight is 1040 g/mol. The maximum absolute atomic E-state index is 12.9. The molecule has 0 saturated carbocycles. The van der Waals surface area contributed by atoms with Crippen LogP contribution in [0.15, 0.2) is 60.8 Å². The lowest BCUT2D eigenvalue weighted by Crippen LogP contribution is -2.30. The third-order valence-corrected chi connectivity index (χ3v) is 13.3. The van der Waals surface area contributed by atoms with Crippen molar-refractivity contribution in [1.82, 2.24) is 0 Å². The van der Waals surface area contributed by atoms with E-state index in [0.29, 0.717) is 19.3 Å². The molecule has 0 aromatic heterocycles. The van der Waals surface area contributed by atoms with Crippen molar-refractivity contribution in [2.45, 2.75) is 277 Å². The van der Waals surface area contributed by atoms with E-state index >= 15 is 0 Å². The molecule has 2 N–H and O–H groups in total. The molecule has 0 aliphatic heterocycles. The third kappa shape index (κ3) is 52.1. The van der Waals surface area contributed by atoms with Gasteiger partial charge < -0.3 is 24.2 Å². The summed E-state index contributed by atoms with van der Waals surface area (Å²) < 4.78 is 39.5. The smallest absolute Gasteiger partial charge is 0.462 e. The first-order valence-corrected chi connectivity index (χ1v) is 30.7. The zero-order chi connectivity index (χ0) is 52.7. The van der Waals surface area contributed by atoms with E-state index in [0.717, 1.165) is 116 Å². The fraction of sp³-hybridized carbons (Fsp3) is 0.783. The number of hydrogen-bond acceptors (Lipinski definition) is 10. The Kier molecular flexibility index (Phi) is 52.3. The van der Waals surface area contributed by atoms with Gasteiger partial charge in [-0.3, -0.25) is 23.4 Å². The number of aliphatic hydroxyl groups excluding tert-OH is 1. The molecule has 0 aromatic rings. The van der Waals surface area contributed by atoms with Crippen LogP contribution in [0.2, 0.25) is 0 Å². The van der Waals surface area contributed by atoms with E-state index in [9.17, 15) is 28.9 Å². The Bertz CT molecular complexity index is 1440. The lowest BCUT2D eigenvalue weighted by atomic mass is 10.1. The number of rotatable bonds is 54. The Morgan fingerprint density at radius 3 is 1.12 bits per heavy atom. The summed E-state index contributed by atoms with van der Waals surface area (Å²) in [4.78, 5) is 48.5. The highest BCUT2D eigenvalue weighted by molar-refractivity contribution is 7.47. The van der Waals surface area contributed by atoms with Crippen LogP contribution < -0.4 is 0 Å². The molecule has 0 radical (unpaired) electrons. The molecule has 0 bridgehead atoms. The van der Waals surface area contributed by atoms with Gasteiger partial charge in [0.05, 0.1) is 19.8 Å². The van der Waals surface area contributed by atoms with Crippen LogP contribution in [-0.4, -0.2) is 66.5 Å². The van der Waals surface area contributed by atoms with Gasteiger partial charge in [0, 0.05) is 19.3 Å². The highest BCUT2D eigenvalue weighted by Crippen LogP contribution is 2.43. The van der Waals surface area contributed by atoms with E-state index in [1.165, 1.54) is 89.9 Å². The van der Waals surface area contributed by atoms with Crippen LogP contribution in [0.4, 0.5) is 0 Å². The van der Waals surface area contributed by atoms with Gasteiger partial charge in [0.25, 0.3) is 0 Å². The maximum atomic E-state index is 12.9. The fourth-order valence-corrected chi connectivity index (χ4v) is 8.67. The Labute approximate surface area is 440 Å². The molecule has 0 aliphatic rings. The van der Waals surface area contributed by atoms with Crippen molar-refractivity contribution in [3.8, 4) is 0 Å². The summed E-state index contributed by atoms with van der Waals surface area (Å²) >= 11 is 0. The normalized spacial score (nSPS) is 13.8. The zero-order valence-electron chi connectivity index (χ0n) is 46.1. The Morgan fingerprint density at radius 1 is 0.389 bits per heavy atom. The van der Waals surface area contributed by atoms with Crippen molar-refractivity contribution < 1.29 is 52.2 Å². The monoisotopic (exact) mass is 1030 g/mol. The van der Waals surface area contributed by atoms with Gasteiger partial charge in [-0.1, -0.05) is 204 Å². The minimum absolute atomic E-state index is 0.155. The molecule has 3 atom stereocenters. The molecule has 0 amide bonds. The van der Waals surface area contributed by atoms with Gasteiger partial charge in [-0.25, -0.2) is 4.57 Å². The van der Waals surface area contributed by atoms with Crippen LogP contribution in [0.5, 0.6) is 0 Å². The molecule has 0 fully saturated rings. The number of unbranched alkanes of at least 4 members (excludes halogenated alkanes) is 27. The van der Waals surface area contributed by atoms with E-state index in [-0.39, 0.29) is 25.9 Å². The maximum Gasteiger partial charge on any atom is 0.472 e. The van der Waals surface area contributed by atoms with Gasteiger partial charge in [-0.15, -0.1) is 0 Å². The molecule has 0 spiro atoms. The van der Waals surface area contributed by atoms with Crippen molar-refractivity contribution in [2.75, 3.05) is 26.4 Å². The van der Waals surface area contributed by atoms with Crippen LogP contribution in [-0.2, 0) is 42.2 Å². The number of carbonyl (C=O) groups is 3. The van der Waals surface area contributed by atoms with E-state index in [4.69, 9.17) is 23.3 Å². The number of ether oxygens (including phenoxy) is 3. The molecule has 0 aliphatic carbocycles. The predicted octanol–water partition coefficient (Wildman–Crippen LogP) is 17.1. The standard InChI is InChI=1S/C60H107O11P/c1-4-7-10-13-16-19-22-25-27-28-30-32-34-37-40-43-46-49-58(62)67-53-57(71-60(64)51-48-45-42-39-36-33-29-26-23-20-17-14-11-8-5-2)55-69-72(65,66)68-54-56(52-61)70-59(63)50-47-44-41-38-35-31-24-21-18-15-12-9-6-3/h12,15-16,19,21,24-27,29,56-57,61H,4-11,13-14,17-18,20,22-23,28,30-55H2,1-3H3,(H,65,66)/b15-12-,19-16-,24-21-,27-25-,29-26-. The van der Waals surface area contributed by atoms with Gasteiger partial charge in [0.1, 0.15) is 12.7 Å². The SMILES string of the molecule is CCC/C=C\C/C=C\CCCCCCCC(=O)OC(CO)COP(=O)(O)OCC(COC(=O)CCCCCCCCC/C=C\C/C=C\CCCCC)OC(=O)CCCCCCC/C=C\CCCCCCCC. The number of phosphoric ester groups is 1. The van der Waals surface area contributed by atoms with Gasteiger partial charge in [0.15, 0.2) is 6.10 Å². The molecule has 0 heterocycles. The average Bonchev–Trinajstić information content (AvgIpc) is 3.37. The second-order valence-electron chi connectivity index (χ2n) is 19.4. The molecule has 0 saturated heterocycles. The van der Waals surface area contributed by atoms with Gasteiger partial charge in [-0.2, -0.15) is 0 Å². The minimum atomic E-state index is -4.75. The number of hydrogen-bond donors (Lipinski definition) is 2. The second kappa shape index (κ2) is 54.4. The number of esters is 3. The molecular formula is C60H107O11P. The van der Waals surface area contributed by atoms with Crippen molar-refractivity contribution >= 4 is 25.7 Å². The Morgan fingerprint density at radius 2 is 0.708 bits per heavy atom. The van der Waals surface area contributed by atoms with E-state index in [1.54, 1.807) is 0 Å². The van der Waals surface area contributed by atoms with Gasteiger partial charge in [-0.05, 0) is 103 Å². The molecular weight excluding hydrogens is 928 g/mol. The van der Waals surface area contributed by atoms with Gasteiger partial charge in [0.2, 0.25) is 0 Å². The number of aliphatic hydroxyl groups is 1. The van der Waals surface area contributed by atoms with Crippen molar-refractivity contribution in [1.29, 1.82) is 0 Å². The van der Waals surface area contributed by atoms with Crippen LogP contribution in [0, 0.1) is 0 Å². The fourth-order valence-electron chi connectivity index (χ4n) is 7.89. The molecule has 418 valence electrons. The van der Waals surface area contributed by atoms with Crippen LogP contribution in [0.3, 0.4) is 0 Å². The predicted molar refractivity (Wildman–Crippen MR) is 298 cm³/mol. The van der Waals surface area contributed by atoms with E-state index < -0.39 is 57.8 Å².